The number of aromatic nitrogens is 2. The molecule has 0 fully saturated rings. The van der Waals surface area contributed by atoms with Gasteiger partial charge in [0.2, 0.25) is 5.91 Å². The average molecular weight is 445 g/mol. The second-order valence-electron chi connectivity index (χ2n) is 6.88. The highest BCUT2D eigenvalue weighted by molar-refractivity contribution is 6.32. The first-order valence-corrected chi connectivity index (χ1v) is 9.92. The van der Waals surface area contributed by atoms with E-state index in [9.17, 15) is 9.59 Å². The summed E-state index contributed by atoms with van der Waals surface area (Å²) in [7, 11) is 1.51. The molecule has 1 aliphatic rings. The van der Waals surface area contributed by atoms with E-state index >= 15 is 0 Å². The third-order valence-corrected chi connectivity index (χ3v) is 5.47. The molecule has 0 saturated heterocycles. The van der Waals surface area contributed by atoms with Gasteiger partial charge in [-0.3, -0.25) is 9.59 Å². The molecule has 30 heavy (non-hydrogen) atoms. The van der Waals surface area contributed by atoms with E-state index in [1.165, 1.54) is 7.11 Å². The van der Waals surface area contributed by atoms with Crippen molar-refractivity contribution in [3.8, 4) is 17.0 Å². The van der Waals surface area contributed by atoms with Crippen molar-refractivity contribution in [1.82, 2.24) is 9.78 Å². The predicted molar refractivity (Wildman–Crippen MR) is 116 cm³/mol. The number of halogens is 2. The molecule has 2 N–H and O–H groups in total. The lowest BCUT2D eigenvalue weighted by atomic mass is 10.1. The fourth-order valence-electron chi connectivity index (χ4n) is 3.40. The zero-order chi connectivity index (χ0) is 21.4. The van der Waals surface area contributed by atoms with Crippen molar-refractivity contribution in [2.75, 3.05) is 17.7 Å². The number of methoxy groups -OCH3 is 1. The maximum atomic E-state index is 12.6. The summed E-state index contributed by atoms with van der Waals surface area (Å²) in [6.07, 6.45) is -0.0658. The van der Waals surface area contributed by atoms with Gasteiger partial charge in [0.1, 0.15) is 17.6 Å². The summed E-state index contributed by atoms with van der Waals surface area (Å²) in [5.41, 5.74) is 2.96. The van der Waals surface area contributed by atoms with Gasteiger partial charge in [-0.25, -0.2) is 4.68 Å². The minimum Gasteiger partial charge on any atom is -0.495 e. The number of hydrogen-bond donors (Lipinski definition) is 2. The van der Waals surface area contributed by atoms with Crippen LogP contribution in [0.4, 0.5) is 11.5 Å². The molecule has 0 unspecified atom stereocenters. The summed E-state index contributed by atoms with van der Waals surface area (Å²) in [6.45, 7) is 1.88. The van der Waals surface area contributed by atoms with Gasteiger partial charge in [-0.15, -0.1) is 0 Å². The molecule has 0 aliphatic carbocycles. The van der Waals surface area contributed by atoms with Crippen LogP contribution < -0.4 is 15.4 Å². The molecule has 154 valence electrons. The molecule has 0 bridgehead atoms. The van der Waals surface area contributed by atoms with E-state index in [0.717, 1.165) is 16.8 Å². The molecule has 0 spiro atoms. The van der Waals surface area contributed by atoms with Gasteiger partial charge in [0, 0.05) is 21.8 Å². The summed E-state index contributed by atoms with van der Waals surface area (Å²) < 4.78 is 6.68. The number of hydrogen-bond acceptors (Lipinski definition) is 4. The van der Waals surface area contributed by atoms with Crippen LogP contribution in [0.25, 0.3) is 11.3 Å². The van der Waals surface area contributed by atoms with Crippen molar-refractivity contribution in [2.45, 2.75) is 19.4 Å². The number of fused-ring (bicyclic) bond motifs is 1. The van der Waals surface area contributed by atoms with Gasteiger partial charge in [-0.1, -0.05) is 35.3 Å². The van der Waals surface area contributed by atoms with Crippen LogP contribution in [0, 0.1) is 6.92 Å². The van der Waals surface area contributed by atoms with Crippen LogP contribution in [0.3, 0.4) is 0 Å². The van der Waals surface area contributed by atoms with Gasteiger partial charge in [-0.05, 0) is 37.3 Å². The Morgan fingerprint density at radius 2 is 1.97 bits per heavy atom. The maximum Gasteiger partial charge on any atom is 0.251 e. The standard InChI is InChI=1S/C21H18Cl2N4O3/c1-11-19(12-3-5-13(22)6-4-12)26-27-16(21(29)25-20(11)27)10-18(28)24-14-7-8-17(30-2)15(23)9-14/h3-9,16H,10H2,1-2H3,(H,24,28)(H,25,29)/t16-/m1/s1. The van der Waals surface area contributed by atoms with Gasteiger partial charge < -0.3 is 15.4 Å². The van der Waals surface area contributed by atoms with E-state index in [0.29, 0.717) is 27.3 Å². The molecule has 0 saturated carbocycles. The second-order valence-corrected chi connectivity index (χ2v) is 7.72. The maximum absolute atomic E-state index is 12.6. The van der Waals surface area contributed by atoms with Crippen molar-refractivity contribution in [2.24, 2.45) is 0 Å². The third kappa shape index (κ3) is 3.74. The average Bonchev–Trinajstić information content (AvgIpc) is 3.19. The molecule has 9 heteroatoms. The Hall–Kier alpha value is -3.03. The fourth-order valence-corrected chi connectivity index (χ4v) is 3.78. The predicted octanol–water partition coefficient (Wildman–Crippen LogP) is 4.70. The van der Waals surface area contributed by atoms with Gasteiger partial charge in [-0.2, -0.15) is 5.10 Å². The van der Waals surface area contributed by atoms with Gasteiger partial charge in [0.05, 0.1) is 24.2 Å². The third-order valence-electron chi connectivity index (χ3n) is 4.92. The van der Waals surface area contributed by atoms with Crippen LogP contribution in [-0.2, 0) is 9.59 Å². The Morgan fingerprint density at radius 1 is 1.23 bits per heavy atom. The summed E-state index contributed by atoms with van der Waals surface area (Å²) >= 11 is 12.1. The second kappa shape index (κ2) is 8.01. The Kier molecular flexibility index (Phi) is 5.40. The highest BCUT2D eigenvalue weighted by atomic mass is 35.5. The van der Waals surface area contributed by atoms with Crippen LogP contribution in [-0.4, -0.2) is 28.7 Å². The molecule has 2 heterocycles. The summed E-state index contributed by atoms with van der Waals surface area (Å²) in [6, 6.07) is 11.5. The Balaban J connectivity index is 1.54. The van der Waals surface area contributed by atoms with Crippen LogP contribution in [0.5, 0.6) is 5.75 Å². The minimum absolute atomic E-state index is 0.0658. The van der Waals surface area contributed by atoms with E-state index in [1.807, 2.05) is 19.1 Å². The molecular weight excluding hydrogens is 427 g/mol. The number of carbonyl (C=O) groups excluding carboxylic acids is 2. The minimum atomic E-state index is -0.742. The van der Waals surface area contributed by atoms with Crippen LogP contribution in [0.15, 0.2) is 42.5 Å². The number of amides is 2. The molecule has 2 aromatic carbocycles. The topological polar surface area (TPSA) is 85.2 Å². The van der Waals surface area contributed by atoms with E-state index in [2.05, 4.69) is 15.7 Å². The number of anilines is 2. The van der Waals surface area contributed by atoms with E-state index in [4.69, 9.17) is 27.9 Å². The van der Waals surface area contributed by atoms with Crippen molar-refractivity contribution in [1.29, 1.82) is 0 Å². The van der Waals surface area contributed by atoms with Crippen LogP contribution in [0.1, 0.15) is 18.0 Å². The van der Waals surface area contributed by atoms with Gasteiger partial charge in [0.15, 0.2) is 0 Å². The van der Waals surface area contributed by atoms with Gasteiger partial charge >= 0.3 is 0 Å². The highest BCUT2D eigenvalue weighted by Crippen LogP contribution is 2.36. The molecule has 4 rings (SSSR count). The Labute approximate surface area is 182 Å². The molecular formula is C21H18Cl2N4O3. The zero-order valence-corrected chi connectivity index (χ0v) is 17.7. The lowest BCUT2D eigenvalue weighted by Gasteiger charge is -2.11. The van der Waals surface area contributed by atoms with E-state index in [-0.39, 0.29) is 18.2 Å². The summed E-state index contributed by atoms with van der Waals surface area (Å²) in [5, 5.41) is 11.2. The smallest absolute Gasteiger partial charge is 0.251 e. The molecule has 3 aromatic rings. The van der Waals surface area contributed by atoms with Crippen molar-refractivity contribution >= 4 is 46.5 Å². The molecule has 1 aliphatic heterocycles. The highest BCUT2D eigenvalue weighted by Gasteiger charge is 2.35. The molecule has 2 amide bonds. The van der Waals surface area contributed by atoms with Crippen molar-refractivity contribution < 1.29 is 14.3 Å². The summed E-state index contributed by atoms with van der Waals surface area (Å²) in [5.74, 6) is 0.503. The lowest BCUT2D eigenvalue weighted by molar-refractivity contribution is -0.123. The molecule has 7 nitrogen and oxygen atoms in total. The monoisotopic (exact) mass is 444 g/mol. The lowest BCUT2D eigenvalue weighted by Crippen LogP contribution is -2.23. The quantitative estimate of drug-likeness (QED) is 0.597. The first kappa shape index (κ1) is 20.3. The largest absolute Gasteiger partial charge is 0.495 e. The number of carbonyl (C=O) groups is 2. The van der Waals surface area contributed by atoms with E-state index < -0.39 is 6.04 Å². The summed E-state index contributed by atoms with van der Waals surface area (Å²) in [4.78, 5) is 25.0. The fraction of sp³-hybridized carbons (Fsp3) is 0.190. The van der Waals surface area contributed by atoms with E-state index in [1.54, 1.807) is 35.0 Å². The Morgan fingerprint density at radius 3 is 2.63 bits per heavy atom. The first-order valence-electron chi connectivity index (χ1n) is 9.16. The van der Waals surface area contributed by atoms with Crippen LogP contribution in [0.2, 0.25) is 10.0 Å². The molecule has 1 aromatic heterocycles. The number of nitrogens with zero attached hydrogens (tertiary/aromatic N) is 2. The first-order chi connectivity index (χ1) is 14.4. The Bertz CT molecular complexity index is 1140. The van der Waals surface area contributed by atoms with Crippen molar-refractivity contribution in [3.05, 3.63) is 58.1 Å². The van der Waals surface area contributed by atoms with Crippen molar-refractivity contribution in [3.63, 3.8) is 0 Å². The number of nitrogens with one attached hydrogen (secondary N) is 2. The molecule has 0 radical (unpaired) electrons. The number of ether oxygens (including phenoxy) is 1. The number of rotatable bonds is 5. The van der Waals surface area contributed by atoms with Crippen LogP contribution >= 0.6 is 23.2 Å². The van der Waals surface area contributed by atoms with Gasteiger partial charge in [0.25, 0.3) is 5.91 Å². The normalized spacial score (nSPS) is 14.9. The SMILES string of the molecule is COc1ccc(NC(=O)C[C@@H]2C(=O)Nc3c(C)c(-c4ccc(Cl)cc4)nn32)cc1Cl. The number of benzene rings is 2. The zero-order valence-electron chi connectivity index (χ0n) is 16.2. The molecule has 1 atom stereocenters.